The summed E-state index contributed by atoms with van der Waals surface area (Å²) in [6.45, 7) is 4.10. The van der Waals surface area contributed by atoms with Crippen molar-refractivity contribution in [2.75, 3.05) is 26.3 Å². The van der Waals surface area contributed by atoms with Crippen molar-refractivity contribution in [1.82, 2.24) is 9.88 Å². The van der Waals surface area contributed by atoms with Crippen LogP contribution in [-0.4, -0.2) is 42.1 Å². The number of carbonyl (C=O) groups excluding carboxylic acids is 1. The van der Waals surface area contributed by atoms with Gasteiger partial charge in [-0.15, -0.1) is 0 Å². The summed E-state index contributed by atoms with van der Waals surface area (Å²) >= 11 is 0. The van der Waals surface area contributed by atoms with Gasteiger partial charge in [0.1, 0.15) is 5.82 Å². The van der Waals surface area contributed by atoms with Crippen molar-refractivity contribution >= 4 is 16.8 Å². The normalized spacial score (nSPS) is 15.6. The van der Waals surface area contributed by atoms with Crippen LogP contribution < -0.4 is 0 Å². The molecular formula is C15H15FN2O2. The minimum absolute atomic E-state index is 0.0375. The minimum atomic E-state index is -0.323. The number of rotatable bonds is 1. The van der Waals surface area contributed by atoms with E-state index in [-0.39, 0.29) is 11.7 Å². The molecule has 2 heterocycles. The maximum absolute atomic E-state index is 13.2. The van der Waals surface area contributed by atoms with Crippen LogP contribution in [0.5, 0.6) is 0 Å². The van der Waals surface area contributed by atoms with Crippen molar-refractivity contribution in [2.24, 2.45) is 0 Å². The summed E-state index contributed by atoms with van der Waals surface area (Å²) < 4.78 is 18.4. The van der Waals surface area contributed by atoms with Gasteiger partial charge >= 0.3 is 0 Å². The van der Waals surface area contributed by atoms with Crippen molar-refractivity contribution in [2.45, 2.75) is 6.92 Å². The molecular weight excluding hydrogens is 259 g/mol. The SMILES string of the molecule is Cc1nc2cc(F)ccc2cc1C(=O)N1CCOCC1. The lowest BCUT2D eigenvalue weighted by Gasteiger charge is -2.27. The second kappa shape index (κ2) is 5.17. The van der Waals surface area contributed by atoms with E-state index in [9.17, 15) is 9.18 Å². The highest BCUT2D eigenvalue weighted by Crippen LogP contribution is 2.19. The molecule has 0 spiro atoms. The molecule has 1 aliphatic heterocycles. The lowest BCUT2D eigenvalue weighted by atomic mass is 10.1. The molecule has 0 saturated carbocycles. The number of ether oxygens (including phenoxy) is 1. The first-order chi connectivity index (χ1) is 9.65. The number of morpholine rings is 1. The zero-order valence-electron chi connectivity index (χ0n) is 11.2. The monoisotopic (exact) mass is 274 g/mol. The molecule has 0 bridgehead atoms. The van der Waals surface area contributed by atoms with Crippen molar-refractivity contribution in [3.05, 3.63) is 41.3 Å². The molecule has 4 nitrogen and oxygen atoms in total. The summed E-state index contributed by atoms with van der Waals surface area (Å²) in [4.78, 5) is 18.6. The van der Waals surface area contributed by atoms with E-state index in [0.717, 1.165) is 5.39 Å². The van der Waals surface area contributed by atoms with Gasteiger partial charge in [-0.25, -0.2) is 4.39 Å². The van der Waals surface area contributed by atoms with Crippen LogP contribution in [-0.2, 0) is 4.74 Å². The fourth-order valence-corrected chi connectivity index (χ4v) is 2.39. The van der Waals surface area contributed by atoms with E-state index >= 15 is 0 Å². The maximum atomic E-state index is 13.2. The van der Waals surface area contributed by atoms with Crippen LogP contribution in [0, 0.1) is 12.7 Å². The summed E-state index contributed by atoms with van der Waals surface area (Å²) in [7, 11) is 0. The molecule has 0 radical (unpaired) electrons. The van der Waals surface area contributed by atoms with Gasteiger partial charge in [0.2, 0.25) is 0 Å². The topological polar surface area (TPSA) is 42.4 Å². The van der Waals surface area contributed by atoms with Gasteiger partial charge in [-0.3, -0.25) is 9.78 Å². The Morgan fingerprint density at radius 2 is 2.05 bits per heavy atom. The number of benzene rings is 1. The Morgan fingerprint density at radius 3 is 2.80 bits per heavy atom. The number of nitrogens with zero attached hydrogens (tertiary/aromatic N) is 2. The lowest BCUT2D eigenvalue weighted by Crippen LogP contribution is -2.41. The van der Waals surface area contributed by atoms with Crippen molar-refractivity contribution in [3.8, 4) is 0 Å². The highest BCUT2D eigenvalue weighted by molar-refractivity contribution is 5.98. The molecule has 1 aliphatic rings. The molecule has 3 rings (SSSR count). The third-order valence-electron chi connectivity index (χ3n) is 3.50. The Hall–Kier alpha value is -2.01. The largest absolute Gasteiger partial charge is 0.378 e. The van der Waals surface area contributed by atoms with Crippen LogP contribution in [0.25, 0.3) is 10.9 Å². The molecule has 20 heavy (non-hydrogen) atoms. The first-order valence-electron chi connectivity index (χ1n) is 6.59. The summed E-state index contributed by atoms with van der Waals surface area (Å²) in [6.07, 6.45) is 0. The van der Waals surface area contributed by atoms with Gasteiger partial charge < -0.3 is 9.64 Å². The summed E-state index contributed by atoms with van der Waals surface area (Å²) in [5.74, 6) is -0.360. The Balaban J connectivity index is 2.00. The standard InChI is InChI=1S/C15H15FN2O2/c1-10-13(15(19)18-4-6-20-7-5-18)8-11-2-3-12(16)9-14(11)17-10/h2-3,8-9H,4-7H2,1H3. The van der Waals surface area contributed by atoms with E-state index in [1.54, 1.807) is 24.0 Å². The maximum Gasteiger partial charge on any atom is 0.255 e. The number of carbonyl (C=O) groups is 1. The van der Waals surface area contributed by atoms with Crippen LogP contribution in [0.1, 0.15) is 16.1 Å². The molecule has 1 amide bonds. The average Bonchev–Trinajstić information content (AvgIpc) is 2.46. The van der Waals surface area contributed by atoms with E-state index in [4.69, 9.17) is 4.74 Å². The molecule has 0 aliphatic carbocycles. The zero-order chi connectivity index (χ0) is 14.1. The van der Waals surface area contributed by atoms with Crippen LogP contribution in [0.4, 0.5) is 4.39 Å². The fraction of sp³-hybridized carbons (Fsp3) is 0.333. The van der Waals surface area contributed by atoms with E-state index < -0.39 is 0 Å². The van der Waals surface area contributed by atoms with Gasteiger partial charge in [0, 0.05) is 24.5 Å². The van der Waals surface area contributed by atoms with Gasteiger partial charge in [0.15, 0.2) is 0 Å². The van der Waals surface area contributed by atoms with Crippen molar-refractivity contribution in [3.63, 3.8) is 0 Å². The third-order valence-corrected chi connectivity index (χ3v) is 3.50. The van der Waals surface area contributed by atoms with Gasteiger partial charge in [0.05, 0.1) is 30.0 Å². The van der Waals surface area contributed by atoms with Crippen molar-refractivity contribution in [1.29, 1.82) is 0 Å². The third kappa shape index (κ3) is 2.36. The molecule has 1 fully saturated rings. The summed E-state index contributed by atoms with van der Waals surface area (Å²) in [5.41, 5.74) is 1.77. The number of hydrogen-bond donors (Lipinski definition) is 0. The van der Waals surface area contributed by atoms with E-state index in [0.29, 0.717) is 43.1 Å². The first kappa shape index (κ1) is 13.0. The van der Waals surface area contributed by atoms with Crippen molar-refractivity contribution < 1.29 is 13.9 Å². The molecule has 0 unspecified atom stereocenters. The van der Waals surface area contributed by atoms with Crippen LogP contribution in [0.2, 0.25) is 0 Å². The molecule has 0 N–H and O–H groups in total. The summed E-state index contributed by atoms with van der Waals surface area (Å²) in [5, 5.41) is 0.772. The molecule has 2 aromatic rings. The molecule has 104 valence electrons. The number of hydrogen-bond acceptors (Lipinski definition) is 3. The second-order valence-electron chi connectivity index (χ2n) is 4.86. The Bertz CT molecular complexity index is 666. The molecule has 1 aromatic heterocycles. The molecule has 1 aromatic carbocycles. The Kier molecular flexibility index (Phi) is 3.36. The van der Waals surface area contributed by atoms with Gasteiger partial charge in [0.25, 0.3) is 5.91 Å². The average molecular weight is 274 g/mol. The van der Waals surface area contributed by atoms with Gasteiger partial charge in [-0.2, -0.15) is 0 Å². The summed E-state index contributed by atoms with van der Waals surface area (Å²) in [6, 6.07) is 6.19. The number of aromatic nitrogens is 1. The molecule has 5 heteroatoms. The number of aryl methyl sites for hydroxylation is 1. The van der Waals surface area contributed by atoms with Crippen LogP contribution in [0.3, 0.4) is 0 Å². The van der Waals surface area contributed by atoms with Gasteiger partial charge in [-0.1, -0.05) is 0 Å². The van der Waals surface area contributed by atoms with Gasteiger partial charge in [-0.05, 0) is 25.1 Å². The molecule has 0 atom stereocenters. The Morgan fingerprint density at radius 1 is 1.30 bits per heavy atom. The first-order valence-corrected chi connectivity index (χ1v) is 6.59. The fourth-order valence-electron chi connectivity index (χ4n) is 2.39. The predicted molar refractivity (Wildman–Crippen MR) is 73.2 cm³/mol. The van der Waals surface area contributed by atoms with E-state index in [2.05, 4.69) is 4.98 Å². The zero-order valence-corrected chi connectivity index (χ0v) is 11.2. The smallest absolute Gasteiger partial charge is 0.255 e. The second-order valence-corrected chi connectivity index (χ2v) is 4.86. The highest BCUT2D eigenvalue weighted by atomic mass is 19.1. The Labute approximate surface area is 116 Å². The lowest BCUT2D eigenvalue weighted by molar-refractivity contribution is 0.0302. The minimum Gasteiger partial charge on any atom is -0.378 e. The van der Waals surface area contributed by atoms with Crippen LogP contribution >= 0.6 is 0 Å². The number of amides is 1. The number of halogens is 1. The van der Waals surface area contributed by atoms with E-state index in [1.807, 2.05) is 0 Å². The highest BCUT2D eigenvalue weighted by Gasteiger charge is 2.21. The van der Waals surface area contributed by atoms with Crippen LogP contribution in [0.15, 0.2) is 24.3 Å². The predicted octanol–water partition coefficient (Wildman–Crippen LogP) is 2.15. The number of fused-ring (bicyclic) bond motifs is 1. The quantitative estimate of drug-likeness (QED) is 0.800. The molecule has 1 saturated heterocycles. The number of pyridine rings is 1. The van der Waals surface area contributed by atoms with E-state index in [1.165, 1.54) is 12.1 Å².